The predicted molar refractivity (Wildman–Crippen MR) is 73.1 cm³/mol. The van der Waals surface area contributed by atoms with Gasteiger partial charge in [0.2, 0.25) is 0 Å². The van der Waals surface area contributed by atoms with E-state index in [0.29, 0.717) is 5.41 Å². The van der Waals surface area contributed by atoms with Gasteiger partial charge in [-0.25, -0.2) is 0 Å². The highest BCUT2D eigenvalue weighted by Gasteiger charge is 2.36. The topological polar surface area (TPSA) is 32.5 Å². The van der Waals surface area contributed by atoms with Crippen molar-refractivity contribution in [3.63, 3.8) is 0 Å². The molecule has 1 unspecified atom stereocenters. The van der Waals surface area contributed by atoms with Gasteiger partial charge in [0.15, 0.2) is 0 Å². The van der Waals surface area contributed by atoms with Crippen LogP contribution in [0.1, 0.15) is 32.1 Å². The molecule has 2 rings (SSSR count). The number of hydrogen-bond acceptors (Lipinski definition) is 3. The zero-order valence-corrected chi connectivity index (χ0v) is 11.6. The summed E-state index contributed by atoms with van der Waals surface area (Å²) in [4.78, 5) is 4.97. The summed E-state index contributed by atoms with van der Waals surface area (Å²) in [6, 6.07) is 0. The molecule has 2 fully saturated rings. The third-order valence-corrected chi connectivity index (χ3v) is 4.86. The van der Waals surface area contributed by atoms with Gasteiger partial charge < -0.3 is 15.5 Å². The summed E-state index contributed by atoms with van der Waals surface area (Å²) in [6.45, 7) is 5.94. The fourth-order valence-corrected chi connectivity index (χ4v) is 3.42. The van der Waals surface area contributed by atoms with Crippen LogP contribution in [-0.2, 0) is 0 Å². The second kappa shape index (κ2) is 5.68. The van der Waals surface area contributed by atoms with Gasteiger partial charge in [-0.1, -0.05) is 6.42 Å². The molecule has 17 heavy (non-hydrogen) atoms. The average Bonchev–Trinajstić information content (AvgIpc) is 2.67. The smallest absolute Gasteiger partial charge is 0.00470 e. The van der Waals surface area contributed by atoms with E-state index in [1.807, 2.05) is 0 Å². The lowest BCUT2D eigenvalue weighted by atomic mass is 9.68. The normalized spacial score (nSPS) is 28.6. The Bertz CT molecular complexity index is 232. The van der Waals surface area contributed by atoms with Crippen molar-refractivity contribution in [1.82, 2.24) is 9.80 Å². The van der Waals surface area contributed by atoms with Gasteiger partial charge in [0.05, 0.1) is 0 Å². The lowest BCUT2D eigenvalue weighted by Crippen LogP contribution is -2.46. The second-order valence-electron chi connectivity index (χ2n) is 6.50. The van der Waals surface area contributed by atoms with E-state index in [0.717, 1.165) is 12.5 Å². The molecule has 1 saturated heterocycles. The maximum atomic E-state index is 5.92. The third-order valence-electron chi connectivity index (χ3n) is 4.86. The first-order chi connectivity index (χ1) is 8.13. The molecule has 0 radical (unpaired) electrons. The first-order valence-electron chi connectivity index (χ1n) is 7.21. The van der Waals surface area contributed by atoms with Crippen LogP contribution < -0.4 is 5.73 Å². The van der Waals surface area contributed by atoms with Crippen LogP contribution in [0.5, 0.6) is 0 Å². The third kappa shape index (κ3) is 3.43. The molecule has 0 amide bonds. The van der Waals surface area contributed by atoms with Crippen molar-refractivity contribution in [2.75, 3.05) is 46.8 Å². The minimum absolute atomic E-state index is 0.473. The summed E-state index contributed by atoms with van der Waals surface area (Å²) in [5.74, 6) is 0.928. The van der Waals surface area contributed by atoms with E-state index >= 15 is 0 Å². The minimum atomic E-state index is 0.473. The molecule has 0 aromatic rings. The van der Waals surface area contributed by atoms with Gasteiger partial charge in [-0.05, 0) is 70.7 Å². The fourth-order valence-electron chi connectivity index (χ4n) is 3.42. The van der Waals surface area contributed by atoms with Crippen LogP contribution in [0.2, 0.25) is 0 Å². The van der Waals surface area contributed by atoms with Crippen molar-refractivity contribution in [1.29, 1.82) is 0 Å². The molecule has 1 atom stereocenters. The summed E-state index contributed by atoms with van der Waals surface area (Å²) in [7, 11) is 4.51. The largest absolute Gasteiger partial charge is 0.330 e. The van der Waals surface area contributed by atoms with E-state index < -0.39 is 0 Å². The Morgan fingerprint density at radius 2 is 2.18 bits per heavy atom. The molecule has 100 valence electrons. The molecule has 0 bridgehead atoms. The van der Waals surface area contributed by atoms with Crippen LogP contribution in [0.3, 0.4) is 0 Å². The molecule has 2 aliphatic rings. The molecule has 3 nitrogen and oxygen atoms in total. The van der Waals surface area contributed by atoms with Crippen LogP contribution in [0.25, 0.3) is 0 Å². The zero-order valence-electron chi connectivity index (χ0n) is 11.6. The zero-order chi connectivity index (χ0) is 12.3. The molecular formula is C14H29N3. The summed E-state index contributed by atoms with van der Waals surface area (Å²) in [5.41, 5.74) is 6.39. The Balaban J connectivity index is 1.65. The molecule has 2 N–H and O–H groups in total. The summed E-state index contributed by atoms with van der Waals surface area (Å²) >= 11 is 0. The van der Waals surface area contributed by atoms with Gasteiger partial charge in [0.25, 0.3) is 0 Å². The van der Waals surface area contributed by atoms with E-state index in [1.165, 1.54) is 58.3 Å². The molecule has 0 aromatic heterocycles. The SMILES string of the molecule is CN1CCC(CCN(C)CC2(CN)CCC2)C1. The molecular weight excluding hydrogens is 210 g/mol. The van der Waals surface area contributed by atoms with Crippen LogP contribution in [-0.4, -0.2) is 56.6 Å². The molecule has 1 heterocycles. The molecule has 0 aromatic carbocycles. The number of nitrogens with two attached hydrogens (primary N) is 1. The van der Waals surface area contributed by atoms with Crippen molar-refractivity contribution < 1.29 is 0 Å². The van der Waals surface area contributed by atoms with Gasteiger partial charge in [0.1, 0.15) is 0 Å². The maximum Gasteiger partial charge on any atom is 0.00470 e. The molecule has 1 aliphatic heterocycles. The van der Waals surface area contributed by atoms with Gasteiger partial charge in [0, 0.05) is 13.1 Å². The Kier molecular flexibility index (Phi) is 4.45. The number of nitrogens with zero attached hydrogens (tertiary/aromatic N) is 2. The highest BCUT2D eigenvalue weighted by Crippen LogP contribution is 2.40. The van der Waals surface area contributed by atoms with Crippen molar-refractivity contribution in [3.8, 4) is 0 Å². The first kappa shape index (κ1) is 13.3. The van der Waals surface area contributed by atoms with Gasteiger partial charge in [-0.15, -0.1) is 0 Å². The van der Waals surface area contributed by atoms with E-state index in [4.69, 9.17) is 5.73 Å². The summed E-state index contributed by atoms with van der Waals surface area (Å²) in [5, 5.41) is 0. The highest BCUT2D eigenvalue weighted by atomic mass is 15.1. The van der Waals surface area contributed by atoms with Crippen LogP contribution in [0.4, 0.5) is 0 Å². The van der Waals surface area contributed by atoms with Crippen molar-refractivity contribution >= 4 is 0 Å². The number of likely N-dealkylation sites (tertiary alicyclic amines) is 1. The number of rotatable bonds is 6. The Morgan fingerprint density at radius 1 is 1.41 bits per heavy atom. The molecule has 1 saturated carbocycles. The van der Waals surface area contributed by atoms with Gasteiger partial charge in [-0.3, -0.25) is 0 Å². The molecule has 3 heteroatoms. The first-order valence-corrected chi connectivity index (χ1v) is 7.21. The van der Waals surface area contributed by atoms with Gasteiger partial charge in [-0.2, -0.15) is 0 Å². The summed E-state index contributed by atoms with van der Waals surface area (Å²) in [6.07, 6.45) is 6.84. The van der Waals surface area contributed by atoms with Gasteiger partial charge >= 0.3 is 0 Å². The Hall–Kier alpha value is -0.120. The second-order valence-corrected chi connectivity index (χ2v) is 6.50. The maximum absolute atomic E-state index is 5.92. The standard InChI is InChI=1S/C14H29N3/c1-16-8-4-13(10-16)5-9-17(2)12-14(11-15)6-3-7-14/h13H,3-12,15H2,1-2H3. The van der Waals surface area contributed by atoms with E-state index in [9.17, 15) is 0 Å². The quantitative estimate of drug-likeness (QED) is 0.760. The van der Waals surface area contributed by atoms with E-state index in [1.54, 1.807) is 0 Å². The van der Waals surface area contributed by atoms with Crippen LogP contribution >= 0.6 is 0 Å². The lowest BCUT2D eigenvalue weighted by Gasteiger charge is -2.43. The van der Waals surface area contributed by atoms with E-state index in [2.05, 4.69) is 23.9 Å². The minimum Gasteiger partial charge on any atom is -0.330 e. The van der Waals surface area contributed by atoms with Crippen molar-refractivity contribution in [3.05, 3.63) is 0 Å². The lowest BCUT2D eigenvalue weighted by molar-refractivity contribution is 0.0851. The predicted octanol–water partition coefficient (Wildman–Crippen LogP) is 1.39. The van der Waals surface area contributed by atoms with E-state index in [-0.39, 0.29) is 0 Å². The monoisotopic (exact) mass is 239 g/mol. The van der Waals surface area contributed by atoms with Crippen LogP contribution in [0.15, 0.2) is 0 Å². The molecule has 1 aliphatic carbocycles. The Labute approximate surface area is 106 Å². The number of hydrogen-bond donors (Lipinski definition) is 1. The van der Waals surface area contributed by atoms with Crippen molar-refractivity contribution in [2.24, 2.45) is 17.1 Å². The molecule has 0 spiro atoms. The highest BCUT2D eigenvalue weighted by molar-refractivity contribution is 4.90. The van der Waals surface area contributed by atoms with Crippen LogP contribution in [0, 0.1) is 11.3 Å². The van der Waals surface area contributed by atoms with Crippen molar-refractivity contribution in [2.45, 2.75) is 32.1 Å². The Morgan fingerprint density at radius 3 is 2.65 bits per heavy atom. The summed E-state index contributed by atoms with van der Waals surface area (Å²) < 4.78 is 0. The average molecular weight is 239 g/mol. The fraction of sp³-hybridized carbons (Fsp3) is 1.00.